The molecule has 0 spiro atoms. The second-order valence-electron chi connectivity index (χ2n) is 3.87. The van der Waals surface area contributed by atoms with E-state index >= 15 is 0 Å². The molecule has 0 bridgehead atoms. The van der Waals surface area contributed by atoms with Gasteiger partial charge in [-0.25, -0.2) is 4.39 Å². The van der Waals surface area contributed by atoms with Crippen LogP contribution in [0.5, 0.6) is 0 Å². The Morgan fingerprint density at radius 1 is 1.47 bits per heavy atom. The van der Waals surface area contributed by atoms with Crippen molar-refractivity contribution in [2.24, 2.45) is 5.92 Å². The van der Waals surface area contributed by atoms with Gasteiger partial charge >= 0.3 is 5.97 Å². The molecule has 0 saturated carbocycles. The summed E-state index contributed by atoms with van der Waals surface area (Å²) >= 11 is 3.13. The maximum Gasteiger partial charge on any atom is 0.308 e. The number of aliphatic carboxylic acids is 1. The molecule has 0 aliphatic carbocycles. The number of rotatable bonds is 2. The highest BCUT2D eigenvalue weighted by Crippen LogP contribution is 2.28. The number of hydrogen-bond donors (Lipinski definition) is 1. The third kappa shape index (κ3) is 2.46. The van der Waals surface area contributed by atoms with Crippen molar-refractivity contribution in [1.82, 2.24) is 0 Å². The minimum atomic E-state index is -1.00. The van der Waals surface area contributed by atoms with Crippen LogP contribution in [0.15, 0.2) is 22.7 Å². The standard InChI is InChI=1S/C11H9BrFNO3/c12-7-2-8(13)4-9(3-7)14-5-6(11(16)17)1-10(14)15/h2-4,6H,1,5H2,(H,16,17). The van der Waals surface area contributed by atoms with Crippen LogP contribution in [0.25, 0.3) is 0 Å². The van der Waals surface area contributed by atoms with Crippen molar-refractivity contribution in [3.63, 3.8) is 0 Å². The number of hydrogen-bond acceptors (Lipinski definition) is 2. The predicted molar refractivity (Wildman–Crippen MR) is 62.2 cm³/mol. The Bertz CT molecular complexity index is 471. The number of benzene rings is 1. The van der Waals surface area contributed by atoms with E-state index in [1.165, 1.54) is 17.0 Å². The molecule has 90 valence electrons. The molecule has 1 amide bonds. The molecule has 4 nitrogen and oxygen atoms in total. The van der Waals surface area contributed by atoms with E-state index in [1.54, 1.807) is 6.07 Å². The Morgan fingerprint density at radius 2 is 2.18 bits per heavy atom. The van der Waals surface area contributed by atoms with Crippen LogP contribution >= 0.6 is 15.9 Å². The predicted octanol–water partition coefficient (Wildman–Crippen LogP) is 2.03. The average Bonchev–Trinajstić information content (AvgIpc) is 2.59. The second-order valence-corrected chi connectivity index (χ2v) is 4.79. The number of nitrogens with zero attached hydrogens (tertiary/aromatic N) is 1. The molecule has 0 radical (unpaired) electrons. The number of anilines is 1. The molecule has 6 heteroatoms. The van der Waals surface area contributed by atoms with E-state index in [0.717, 1.165) is 0 Å². The first kappa shape index (κ1) is 12.0. The molecule has 1 aliphatic rings. The van der Waals surface area contributed by atoms with Crippen molar-refractivity contribution in [2.75, 3.05) is 11.4 Å². The van der Waals surface area contributed by atoms with Gasteiger partial charge in [-0.1, -0.05) is 15.9 Å². The molecule has 1 fully saturated rings. The molecule has 1 saturated heterocycles. The summed E-state index contributed by atoms with van der Waals surface area (Å²) in [5, 5.41) is 8.84. The lowest BCUT2D eigenvalue weighted by atomic mass is 10.1. The highest BCUT2D eigenvalue weighted by molar-refractivity contribution is 9.10. The summed E-state index contributed by atoms with van der Waals surface area (Å²) < 4.78 is 13.7. The van der Waals surface area contributed by atoms with Crippen LogP contribution in [0.3, 0.4) is 0 Å². The van der Waals surface area contributed by atoms with Crippen molar-refractivity contribution >= 4 is 33.5 Å². The molecule has 1 aromatic rings. The lowest BCUT2D eigenvalue weighted by Crippen LogP contribution is -2.25. The maximum atomic E-state index is 13.2. The molecule has 0 aromatic heterocycles. The molecule has 1 aliphatic heterocycles. The van der Waals surface area contributed by atoms with Crippen molar-refractivity contribution in [3.05, 3.63) is 28.5 Å². The number of amides is 1. The van der Waals surface area contributed by atoms with Crippen LogP contribution in [0, 0.1) is 11.7 Å². The van der Waals surface area contributed by atoms with Crippen LogP contribution in [-0.4, -0.2) is 23.5 Å². The zero-order valence-electron chi connectivity index (χ0n) is 8.69. The largest absolute Gasteiger partial charge is 0.481 e. The summed E-state index contributed by atoms with van der Waals surface area (Å²) in [7, 11) is 0. The van der Waals surface area contributed by atoms with E-state index < -0.39 is 17.7 Å². The van der Waals surface area contributed by atoms with Crippen LogP contribution in [-0.2, 0) is 9.59 Å². The van der Waals surface area contributed by atoms with Crippen molar-refractivity contribution in [2.45, 2.75) is 6.42 Å². The molecule has 1 unspecified atom stereocenters. The van der Waals surface area contributed by atoms with E-state index in [-0.39, 0.29) is 18.9 Å². The molecule has 1 N–H and O–H groups in total. The smallest absolute Gasteiger partial charge is 0.308 e. The Hall–Kier alpha value is -1.43. The van der Waals surface area contributed by atoms with Gasteiger partial charge in [0.05, 0.1) is 5.92 Å². The monoisotopic (exact) mass is 301 g/mol. The molecule has 2 rings (SSSR count). The lowest BCUT2D eigenvalue weighted by Gasteiger charge is -2.16. The van der Waals surface area contributed by atoms with Gasteiger partial charge in [0.15, 0.2) is 0 Å². The van der Waals surface area contributed by atoms with Crippen LogP contribution < -0.4 is 4.90 Å². The summed E-state index contributed by atoms with van der Waals surface area (Å²) in [6.45, 7) is 0.0874. The second kappa shape index (κ2) is 4.44. The van der Waals surface area contributed by atoms with Gasteiger partial charge in [0.25, 0.3) is 0 Å². The zero-order chi connectivity index (χ0) is 12.6. The van der Waals surface area contributed by atoms with Gasteiger partial charge in [0, 0.05) is 23.1 Å². The lowest BCUT2D eigenvalue weighted by molar-refractivity contribution is -0.141. The van der Waals surface area contributed by atoms with Crippen LogP contribution in [0.1, 0.15) is 6.42 Å². The summed E-state index contributed by atoms with van der Waals surface area (Å²) in [5.74, 6) is -2.49. The number of halogens is 2. The molecule has 1 aromatic carbocycles. The summed E-state index contributed by atoms with van der Waals surface area (Å²) in [4.78, 5) is 23.7. The van der Waals surface area contributed by atoms with Gasteiger partial charge in [0.2, 0.25) is 5.91 Å². The number of carbonyl (C=O) groups excluding carboxylic acids is 1. The van der Waals surface area contributed by atoms with E-state index in [0.29, 0.717) is 10.2 Å². The first-order valence-electron chi connectivity index (χ1n) is 4.96. The average molecular weight is 302 g/mol. The number of carboxylic acids is 1. The number of carboxylic acid groups (broad SMARTS) is 1. The zero-order valence-corrected chi connectivity index (χ0v) is 10.3. The van der Waals surface area contributed by atoms with Crippen molar-refractivity contribution in [1.29, 1.82) is 0 Å². The van der Waals surface area contributed by atoms with Crippen molar-refractivity contribution in [3.8, 4) is 0 Å². The molecule has 17 heavy (non-hydrogen) atoms. The highest BCUT2D eigenvalue weighted by atomic mass is 79.9. The fraction of sp³-hybridized carbons (Fsp3) is 0.273. The highest BCUT2D eigenvalue weighted by Gasteiger charge is 2.35. The minimum absolute atomic E-state index is 0.0382. The van der Waals surface area contributed by atoms with Gasteiger partial charge in [0.1, 0.15) is 5.82 Å². The molecular weight excluding hydrogens is 293 g/mol. The summed E-state index contributed by atoms with van der Waals surface area (Å²) in [6.07, 6.45) is -0.0382. The Balaban J connectivity index is 2.28. The molecular formula is C11H9BrFNO3. The van der Waals surface area contributed by atoms with Crippen LogP contribution in [0.2, 0.25) is 0 Å². The first-order chi connectivity index (χ1) is 7.97. The SMILES string of the molecule is O=C(O)C1CC(=O)N(c2cc(F)cc(Br)c2)C1. The normalized spacial score (nSPS) is 19.8. The maximum absolute atomic E-state index is 13.2. The first-order valence-corrected chi connectivity index (χ1v) is 5.76. The molecule has 1 heterocycles. The fourth-order valence-electron chi connectivity index (χ4n) is 1.82. The van der Waals surface area contributed by atoms with Gasteiger partial charge in [-0.3, -0.25) is 9.59 Å². The van der Waals surface area contributed by atoms with Gasteiger partial charge in [-0.2, -0.15) is 0 Å². The van der Waals surface area contributed by atoms with E-state index in [1.807, 2.05) is 0 Å². The summed E-state index contributed by atoms with van der Waals surface area (Å²) in [6, 6.07) is 4.08. The van der Waals surface area contributed by atoms with E-state index in [4.69, 9.17) is 5.11 Å². The minimum Gasteiger partial charge on any atom is -0.481 e. The topological polar surface area (TPSA) is 57.6 Å². The van der Waals surface area contributed by atoms with Gasteiger partial charge in [-0.05, 0) is 18.2 Å². The van der Waals surface area contributed by atoms with Gasteiger partial charge < -0.3 is 10.0 Å². The van der Waals surface area contributed by atoms with Gasteiger partial charge in [-0.15, -0.1) is 0 Å². The van der Waals surface area contributed by atoms with Crippen LogP contribution in [0.4, 0.5) is 10.1 Å². The third-order valence-electron chi connectivity index (χ3n) is 2.63. The molecule has 1 atom stereocenters. The summed E-state index contributed by atoms with van der Waals surface area (Å²) in [5.41, 5.74) is 0.380. The third-order valence-corrected chi connectivity index (χ3v) is 3.09. The Kier molecular flexibility index (Phi) is 3.15. The number of carbonyl (C=O) groups is 2. The quantitative estimate of drug-likeness (QED) is 0.909. The van der Waals surface area contributed by atoms with E-state index in [2.05, 4.69) is 15.9 Å². The van der Waals surface area contributed by atoms with E-state index in [9.17, 15) is 14.0 Å². The fourth-order valence-corrected chi connectivity index (χ4v) is 2.27. The van der Waals surface area contributed by atoms with Crippen molar-refractivity contribution < 1.29 is 19.1 Å². The Morgan fingerprint density at radius 3 is 2.71 bits per heavy atom. The Labute approximate surface area is 105 Å².